The number of benzene rings is 3. The molecule has 0 unspecified atom stereocenters. The van der Waals surface area contributed by atoms with E-state index in [2.05, 4.69) is 0 Å². The largest absolute Gasteiger partial charge is 0.497 e. The summed E-state index contributed by atoms with van der Waals surface area (Å²) in [5.41, 5.74) is -1.46. The van der Waals surface area contributed by atoms with Crippen molar-refractivity contribution >= 4 is 11.7 Å². The van der Waals surface area contributed by atoms with Crippen molar-refractivity contribution in [2.75, 3.05) is 14.2 Å². The van der Waals surface area contributed by atoms with Crippen LogP contribution in [0.25, 0.3) is 0 Å². The topological polar surface area (TPSA) is 108 Å². The van der Waals surface area contributed by atoms with Gasteiger partial charge in [0, 0.05) is 6.07 Å². The normalized spacial score (nSPS) is 13.6. The molecule has 0 saturated heterocycles. The minimum absolute atomic E-state index is 0.0681. The Labute approximate surface area is 185 Å². The Bertz CT molecular complexity index is 1070. The standard InChI is InChI=1S/C24H23NO7/c1-30-19-14-12-17(13-15-19)16-32-24(23(27)31-2,18-8-4-3-5-9-18)22(26)20-10-6-7-11-21(20)25(28)29/h3-15,22,26H,16H2,1-2H3/t22-,24+/m1/s1. The van der Waals surface area contributed by atoms with Crippen LogP contribution in [0.4, 0.5) is 5.69 Å². The number of para-hydroxylation sites is 1. The van der Waals surface area contributed by atoms with Crippen LogP contribution in [0, 0.1) is 10.1 Å². The molecule has 0 spiro atoms. The minimum Gasteiger partial charge on any atom is -0.497 e. The molecule has 1 N–H and O–H groups in total. The average Bonchev–Trinajstić information content (AvgIpc) is 2.85. The van der Waals surface area contributed by atoms with Gasteiger partial charge in [-0.1, -0.05) is 54.6 Å². The van der Waals surface area contributed by atoms with Gasteiger partial charge in [-0.15, -0.1) is 0 Å². The minimum atomic E-state index is -2.05. The van der Waals surface area contributed by atoms with Crippen molar-refractivity contribution in [3.8, 4) is 5.75 Å². The first kappa shape index (κ1) is 22.9. The van der Waals surface area contributed by atoms with Gasteiger partial charge in [-0.2, -0.15) is 0 Å². The van der Waals surface area contributed by atoms with E-state index in [0.29, 0.717) is 16.9 Å². The van der Waals surface area contributed by atoms with Gasteiger partial charge < -0.3 is 19.3 Å². The molecule has 3 aromatic rings. The van der Waals surface area contributed by atoms with E-state index >= 15 is 0 Å². The molecule has 166 valence electrons. The Morgan fingerprint density at radius 2 is 1.62 bits per heavy atom. The Kier molecular flexibility index (Phi) is 7.19. The third-order valence-corrected chi connectivity index (χ3v) is 5.13. The molecule has 3 aromatic carbocycles. The molecular formula is C24H23NO7. The summed E-state index contributed by atoms with van der Waals surface area (Å²) in [6, 6.07) is 20.9. The zero-order chi connectivity index (χ0) is 23.1. The first-order valence-electron chi connectivity index (χ1n) is 9.76. The Hall–Kier alpha value is -3.75. The van der Waals surface area contributed by atoms with Crippen LogP contribution in [-0.2, 0) is 26.5 Å². The second kappa shape index (κ2) is 10.0. The van der Waals surface area contributed by atoms with E-state index in [1.54, 1.807) is 67.8 Å². The zero-order valence-corrected chi connectivity index (χ0v) is 17.6. The van der Waals surface area contributed by atoms with Crippen molar-refractivity contribution in [1.82, 2.24) is 0 Å². The van der Waals surface area contributed by atoms with Gasteiger partial charge in [-0.25, -0.2) is 4.79 Å². The molecule has 0 radical (unpaired) electrons. The fraction of sp³-hybridized carbons (Fsp3) is 0.208. The second-order valence-corrected chi connectivity index (χ2v) is 6.95. The van der Waals surface area contributed by atoms with Crippen LogP contribution in [0.3, 0.4) is 0 Å². The van der Waals surface area contributed by atoms with E-state index < -0.39 is 22.6 Å². The molecule has 0 heterocycles. The van der Waals surface area contributed by atoms with Crippen LogP contribution in [0.1, 0.15) is 22.8 Å². The molecule has 2 atom stereocenters. The van der Waals surface area contributed by atoms with Crippen LogP contribution in [0.2, 0.25) is 0 Å². The number of nitrogens with zero attached hydrogens (tertiary/aromatic N) is 1. The van der Waals surface area contributed by atoms with Crippen molar-refractivity contribution in [3.63, 3.8) is 0 Å². The molecule has 8 nitrogen and oxygen atoms in total. The number of ether oxygens (including phenoxy) is 3. The summed E-state index contributed by atoms with van der Waals surface area (Å²) in [6.07, 6.45) is -1.72. The summed E-state index contributed by atoms with van der Waals surface area (Å²) >= 11 is 0. The number of aliphatic hydroxyl groups excluding tert-OH is 1. The lowest BCUT2D eigenvalue weighted by Crippen LogP contribution is -2.45. The van der Waals surface area contributed by atoms with Crippen molar-refractivity contribution in [2.24, 2.45) is 0 Å². The summed E-state index contributed by atoms with van der Waals surface area (Å²) in [5.74, 6) is -0.237. The van der Waals surface area contributed by atoms with Crippen molar-refractivity contribution in [3.05, 3.63) is 106 Å². The van der Waals surface area contributed by atoms with E-state index in [1.807, 2.05) is 0 Å². The van der Waals surface area contributed by atoms with E-state index in [4.69, 9.17) is 14.2 Å². The number of nitro groups is 1. The van der Waals surface area contributed by atoms with Gasteiger partial charge in [0.1, 0.15) is 11.9 Å². The van der Waals surface area contributed by atoms with E-state index in [9.17, 15) is 20.0 Å². The number of nitro benzene ring substituents is 1. The number of aliphatic hydroxyl groups is 1. The summed E-state index contributed by atoms with van der Waals surface area (Å²) in [6.45, 7) is -0.0777. The number of rotatable bonds is 9. The Balaban J connectivity index is 2.13. The molecular weight excluding hydrogens is 414 g/mol. The molecule has 0 aromatic heterocycles. The summed E-state index contributed by atoms with van der Waals surface area (Å²) in [4.78, 5) is 24.1. The maximum atomic E-state index is 13.2. The third kappa shape index (κ3) is 4.46. The van der Waals surface area contributed by atoms with Crippen LogP contribution in [-0.4, -0.2) is 30.2 Å². The lowest BCUT2D eigenvalue weighted by atomic mass is 9.83. The van der Waals surface area contributed by atoms with Gasteiger partial charge >= 0.3 is 5.97 Å². The smallest absolute Gasteiger partial charge is 0.346 e. The van der Waals surface area contributed by atoms with Gasteiger partial charge in [0.2, 0.25) is 5.60 Å². The van der Waals surface area contributed by atoms with E-state index in [0.717, 1.165) is 0 Å². The Morgan fingerprint density at radius 3 is 2.22 bits per heavy atom. The molecule has 0 fully saturated rings. The first-order valence-corrected chi connectivity index (χ1v) is 9.76. The molecule has 3 rings (SSSR count). The maximum absolute atomic E-state index is 13.2. The highest BCUT2D eigenvalue weighted by Crippen LogP contribution is 2.43. The van der Waals surface area contributed by atoms with Crippen LogP contribution >= 0.6 is 0 Å². The summed E-state index contributed by atoms with van der Waals surface area (Å²) < 4.78 is 16.3. The summed E-state index contributed by atoms with van der Waals surface area (Å²) in [5, 5.41) is 23.0. The van der Waals surface area contributed by atoms with Crippen LogP contribution in [0.5, 0.6) is 5.75 Å². The van der Waals surface area contributed by atoms with Crippen molar-refractivity contribution in [2.45, 2.75) is 18.3 Å². The van der Waals surface area contributed by atoms with Gasteiger partial charge in [-0.3, -0.25) is 10.1 Å². The number of hydrogen-bond acceptors (Lipinski definition) is 7. The highest BCUT2D eigenvalue weighted by molar-refractivity contribution is 5.83. The van der Waals surface area contributed by atoms with Crippen molar-refractivity contribution < 1.29 is 29.0 Å². The first-order chi connectivity index (χ1) is 15.4. The molecule has 8 heteroatoms. The number of esters is 1. The van der Waals surface area contributed by atoms with Gasteiger partial charge in [0.05, 0.1) is 31.3 Å². The molecule has 0 aliphatic rings. The lowest BCUT2D eigenvalue weighted by molar-refractivity contribution is -0.386. The quantitative estimate of drug-likeness (QED) is 0.307. The number of carbonyl (C=O) groups is 1. The maximum Gasteiger partial charge on any atom is 0.346 e. The third-order valence-electron chi connectivity index (χ3n) is 5.13. The predicted molar refractivity (Wildman–Crippen MR) is 116 cm³/mol. The van der Waals surface area contributed by atoms with Crippen molar-refractivity contribution in [1.29, 1.82) is 0 Å². The number of methoxy groups -OCH3 is 2. The van der Waals surface area contributed by atoms with E-state index in [1.165, 1.54) is 25.3 Å². The van der Waals surface area contributed by atoms with Gasteiger partial charge in [-0.05, 0) is 29.3 Å². The molecule has 0 saturated carbocycles. The molecule has 0 bridgehead atoms. The Morgan fingerprint density at radius 1 is 1.00 bits per heavy atom. The molecule has 0 amide bonds. The highest BCUT2D eigenvalue weighted by atomic mass is 16.6. The number of hydrogen-bond donors (Lipinski definition) is 1. The van der Waals surface area contributed by atoms with Gasteiger partial charge in [0.25, 0.3) is 5.69 Å². The van der Waals surface area contributed by atoms with Crippen LogP contribution < -0.4 is 4.74 Å². The summed E-state index contributed by atoms with van der Waals surface area (Å²) in [7, 11) is 2.72. The molecule has 0 aliphatic heterocycles. The van der Waals surface area contributed by atoms with E-state index in [-0.39, 0.29) is 17.9 Å². The second-order valence-electron chi connectivity index (χ2n) is 6.95. The number of carbonyl (C=O) groups excluding carboxylic acids is 1. The zero-order valence-electron chi connectivity index (χ0n) is 17.6. The molecule has 0 aliphatic carbocycles. The van der Waals surface area contributed by atoms with Gasteiger partial charge in [0.15, 0.2) is 0 Å². The monoisotopic (exact) mass is 437 g/mol. The average molecular weight is 437 g/mol. The SMILES string of the molecule is COC(=O)[C@](OCc1ccc(OC)cc1)(c1ccccc1)[C@H](O)c1ccccc1[N+](=O)[O-]. The van der Waals surface area contributed by atoms with Crippen LogP contribution in [0.15, 0.2) is 78.9 Å². The predicted octanol–water partition coefficient (Wildman–Crippen LogP) is 3.92. The highest BCUT2D eigenvalue weighted by Gasteiger charge is 2.52. The lowest BCUT2D eigenvalue weighted by Gasteiger charge is -2.35. The molecule has 32 heavy (non-hydrogen) atoms. The fourth-order valence-electron chi connectivity index (χ4n) is 3.47. The fourth-order valence-corrected chi connectivity index (χ4v) is 3.47.